The summed E-state index contributed by atoms with van der Waals surface area (Å²) in [5.41, 5.74) is 1.12. The maximum absolute atomic E-state index is 12.7. The summed E-state index contributed by atoms with van der Waals surface area (Å²) in [5, 5.41) is 3.12. The second-order valence-corrected chi connectivity index (χ2v) is 8.93. The first kappa shape index (κ1) is 21.4. The third-order valence-corrected chi connectivity index (χ3v) is 6.71. The number of pyridine rings is 1. The van der Waals surface area contributed by atoms with Crippen LogP contribution in [0.4, 0.5) is 10.6 Å². The molecule has 1 aromatic rings. The minimum atomic E-state index is 0.0629. The Morgan fingerprint density at radius 3 is 2.50 bits per heavy atom. The van der Waals surface area contributed by atoms with E-state index in [1.165, 1.54) is 25.7 Å². The van der Waals surface area contributed by atoms with Gasteiger partial charge in [-0.15, -0.1) is 0 Å². The molecule has 0 saturated carbocycles. The lowest BCUT2D eigenvalue weighted by molar-refractivity contribution is 0.0258. The van der Waals surface area contributed by atoms with Crippen molar-refractivity contribution in [3.05, 3.63) is 23.9 Å². The van der Waals surface area contributed by atoms with E-state index >= 15 is 0 Å². The number of nitrogens with one attached hydrogen (secondary N) is 1. The molecule has 4 rings (SSSR count). The van der Waals surface area contributed by atoms with E-state index in [2.05, 4.69) is 26.2 Å². The minimum Gasteiger partial charge on any atom is -0.379 e. The number of likely N-dealkylation sites (tertiary alicyclic amines) is 1. The molecule has 3 aliphatic heterocycles. The first-order valence-electron chi connectivity index (χ1n) is 11.8. The van der Waals surface area contributed by atoms with Crippen molar-refractivity contribution in [2.24, 2.45) is 5.92 Å². The Kier molecular flexibility index (Phi) is 7.81. The number of aromatic nitrogens is 1. The van der Waals surface area contributed by atoms with Gasteiger partial charge in [0.25, 0.3) is 0 Å². The van der Waals surface area contributed by atoms with E-state index in [1.54, 1.807) is 0 Å². The van der Waals surface area contributed by atoms with Gasteiger partial charge in [-0.2, -0.15) is 0 Å². The van der Waals surface area contributed by atoms with E-state index < -0.39 is 0 Å². The number of anilines is 1. The summed E-state index contributed by atoms with van der Waals surface area (Å²) in [5.74, 6) is 1.75. The Balaban J connectivity index is 1.21. The van der Waals surface area contributed by atoms with Gasteiger partial charge in [0.1, 0.15) is 5.82 Å². The number of hydrogen-bond acceptors (Lipinski definition) is 5. The Morgan fingerprint density at radius 1 is 1.03 bits per heavy atom. The summed E-state index contributed by atoms with van der Waals surface area (Å²) in [4.78, 5) is 24.1. The smallest absolute Gasteiger partial charge is 0.317 e. The summed E-state index contributed by atoms with van der Waals surface area (Å²) >= 11 is 0. The van der Waals surface area contributed by atoms with Crippen LogP contribution in [-0.4, -0.2) is 79.8 Å². The second-order valence-electron chi connectivity index (χ2n) is 8.93. The third kappa shape index (κ3) is 6.08. The van der Waals surface area contributed by atoms with Gasteiger partial charge in [-0.3, -0.25) is 4.90 Å². The highest BCUT2D eigenvalue weighted by Gasteiger charge is 2.25. The van der Waals surface area contributed by atoms with Crippen molar-refractivity contribution in [2.75, 3.05) is 63.9 Å². The van der Waals surface area contributed by atoms with Gasteiger partial charge in [0.05, 0.1) is 13.2 Å². The molecule has 3 aliphatic rings. The van der Waals surface area contributed by atoms with Crippen LogP contribution in [0.3, 0.4) is 0 Å². The molecule has 3 saturated heterocycles. The molecule has 0 aliphatic carbocycles. The van der Waals surface area contributed by atoms with Gasteiger partial charge in [0.2, 0.25) is 0 Å². The molecule has 30 heavy (non-hydrogen) atoms. The van der Waals surface area contributed by atoms with Crippen molar-refractivity contribution in [3.8, 4) is 0 Å². The van der Waals surface area contributed by atoms with Gasteiger partial charge >= 0.3 is 6.03 Å². The molecule has 166 valence electrons. The van der Waals surface area contributed by atoms with Crippen LogP contribution in [0, 0.1) is 5.92 Å². The normalized spacial score (nSPS) is 22.0. The lowest BCUT2D eigenvalue weighted by Crippen LogP contribution is -2.47. The van der Waals surface area contributed by atoms with E-state index in [0.29, 0.717) is 12.5 Å². The molecule has 0 radical (unpaired) electrons. The van der Waals surface area contributed by atoms with E-state index in [1.807, 2.05) is 17.2 Å². The molecule has 0 unspecified atom stereocenters. The van der Waals surface area contributed by atoms with E-state index in [4.69, 9.17) is 4.74 Å². The topological polar surface area (TPSA) is 60.9 Å². The number of urea groups is 1. The molecule has 2 amide bonds. The fraction of sp³-hybridized carbons (Fsp3) is 0.739. The van der Waals surface area contributed by atoms with Crippen LogP contribution >= 0.6 is 0 Å². The molecule has 0 atom stereocenters. The van der Waals surface area contributed by atoms with Crippen molar-refractivity contribution < 1.29 is 9.53 Å². The number of amides is 2. The van der Waals surface area contributed by atoms with Crippen molar-refractivity contribution in [1.82, 2.24) is 20.1 Å². The molecule has 0 bridgehead atoms. The van der Waals surface area contributed by atoms with E-state index in [0.717, 1.165) is 83.3 Å². The minimum absolute atomic E-state index is 0.0629. The Morgan fingerprint density at radius 2 is 1.77 bits per heavy atom. The summed E-state index contributed by atoms with van der Waals surface area (Å²) in [6.45, 7) is 9.41. The number of ether oxygens (including phenoxy) is 1. The highest BCUT2D eigenvalue weighted by molar-refractivity contribution is 5.74. The van der Waals surface area contributed by atoms with Crippen molar-refractivity contribution in [3.63, 3.8) is 0 Å². The quantitative estimate of drug-likeness (QED) is 0.801. The van der Waals surface area contributed by atoms with Gasteiger partial charge in [-0.1, -0.05) is 12.8 Å². The van der Waals surface area contributed by atoms with Crippen molar-refractivity contribution in [1.29, 1.82) is 0 Å². The molecular formula is C23H37N5O2. The zero-order valence-electron chi connectivity index (χ0n) is 18.2. The molecular weight excluding hydrogens is 378 g/mol. The highest BCUT2D eigenvalue weighted by atomic mass is 16.5. The molecule has 0 aromatic carbocycles. The van der Waals surface area contributed by atoms with Crippen LogP contribution in [-0.2, 0) is 11.3 Å². The predicted octanol–water partition coefficient (Wildman–Crippen LogP) is 2.72. The third-order valence-electron chi connectivity index (χ3n) is 6.71. The average Bonchev–Trinajstić information content (AvgIpc) is 3.09. The highest BCUT2D eigenvalue weighted by Crippen LogP contribution is 2.20. The Hall–Kier alpha value is -1.86. The number of piperidine rings is 1. The standard InChI is InChI=1S/C23H37N5O2/c29-23(28-11-6-20(7-12-28)19-26-13-15-30-16-14-26)25-18-21-5-8-24-22(17-21)27-9-3-1-2-4-10-27/h5,8,17,20H,1-4,6-7,9-16,18-19H2,(H,25,29). The molecule has 7 nitrogen and oxygen atoms in total. The number of nitrogens with zero attached hydrogens (tertiary/aromatic N) is 4. The zero-order chi connectivity index (χ0) is 20.6. The first-order valence-corrected chi connectivity index (χ1v) is 11.8. The lowest BCUT2D eigenvalue weighted by atomic mass is 9.96. The van der Waals surface area contributed by atoms with Crippen LogP contribution in [0.15, 0.2) is 18.3 Å². The maximum Gasteiger partial charge on any atom is 0.317 e. The molecule has 1 aromatic heterocycles. The second kappa shape index (κ2) is 11.0. The number of carbonyl (C=O) groups excluding carboxylic acids is 1. The van der Waals surface area contributed by atoms with Gasteiger partial charge in [0.15, 0.2) is 0 Å². The number of rotatable bonds is 5. The lowest BCUT2D eigenvalue weighted by Gasteiger charge is -2.36. The fourth-order valence-electron chi connectivity index (χ4n) is 4.80. The Labute approximate surface area is 180 Å². The summed E-state index contributed by atoms with van der Waals surface area (Å²) < 4.78 is 5.44. The van der Waals surface area contributed by atoms with Gasteiger partial charge in [0, 0.05) is 58.6 Å². The average molecular weight is 416 g/mol. The van der Waals surface area contributed by atoms with Crippen LogP contribution < -0.4 is 10.2 Å². The largest absolute Gasteiger partial charge is 0.379 e. The molecule has 7 heteroatoms. The van der Waals surface area contributed by atoms with Gasteiger partial charge in [-0.25, -0.2) is 9.78 Å². The first-order chi connectivity index (χ1) is 14.8. The zero-order valence-corrected chi connectivity index (χ0v) is 18.2. The van der Waals surface area contributed by atoms with Crippen molar-refractivity contribution in [2.45, 2.75) is 45.1 Å². The monoisotopic (exact) mass is 415 g/mol. The van der Waals surface area contributed by atoms with Crippen molar-refractivity contribution >= 4 is 11.8 Å². The SMILES string of the molecule is O=C(NCc1ccnc(N2CCCCCC2)c1)N1CCC(CN2CCOCC2)CC1. The van der Waals surface area contributed by atoms with E-state index in [9.17, 15) is 4.79 Å². The molecule has 1 N–H and O–H groups in total. The fourth-order valence-corrected chi connectivity index (χ4v) is 4.80. The molecule has 3 fully saturated rings. The van der Waals surface area contributed by atoms with Crippen LogP contribution in [0.25, 0.3) is 0 Å². The van der Waals surface area contributed by atoms with Crippen LogP contribution in [0.1, 0.15) is 44.1 Å². The van der Waals surface area contributed by atoms with Crippen LogP contribution in [0.5, 0.6) is 0 Å². The summed E-state index contributed by atoms with van der Waals surface area (Å²) in [6, 6.07) is 4.21. The predicted molar refractivity (Wildman–Crippen MR) is 119 cm³/mol. The van der Waals surface area contributed by atoms with Crippen LogP contribution in [0.2, 0.25) is 0 Å². The number of carbonyl (C=O) groups is 1. The molecule has 0 spiro atoms. The van der Waals surface area contributed by atoms with Gasteiger partial charge < -0.3 is 19.9 Å². The Bertz CT molecular complexity index is 663. The summed E-state index contributed by atoms with van der Waals surface area (Å²) in [6.07, 6.45) is 9.18. The summed E-state index contributed by atoms with van der Waals surface area (Å²) in [7, 11) is 0. The number of hydrogen-bond donors (Lipinski definition) is 1. The maximum atomic E-state index is 12.7. The number of morpholine rings is 1. The van der Waals surface area contributed by atoms with Gasteiger partial charge in [-0.05, 0) is 49.3 Å². The van der Waals surface area contributed by atoms with E-state index in [-0.39, 0.29) is 6.03 Å². The molecule has 4 heterocycles.